The first-order valence-electron chi connectivity index (χ1n) is 13.3. The minimum absolute atomic E-state index is 0.126. The zero-order valence-electron chi connectivity index (χ0n) is 22.3. The smallest absolute Gasteiger partial charge is 0.239 e. The Kier molecular flexibility index (Phi) is 6.13. The zero-order chi connectivity index (χ0) is 25.7. The van der Waals surface area contributed by atoms with Crippen molar-refractivity contribution >= 4 is 28.0 Å². The molecule has 0 bridgehead atoms. The second-order valence-corrected chi connectivity index (χ2v) is 11.1. The van der Waals surface area contributed by atoms with Crippen molar-refractivity contribution in [2.45, 2.75) is 45.7 Å². The van der Waals surface area contributed by atoms with Gasteiger partial charge in [-0.25, -0.2) is 9.97 Å². The van der Waals surface area contributed by atoms with Crippen molar-refractivity contribution in [3.05, 3.63) is 35.9 Å². The number of morpholine rings is 1. The van der Waals surface area contributed by atoms with E-state index in [4.69, 9.17) is 30.4 Å². The lowest BCUT2D eigenvalue weighted by molar-refractivity contribution is 0.122. The Bertz CT molecular complexity index is 1420. The van der Waals surface area contributed by atoms with Crippen LogP contribution in [0, 0.1) is 12.8 Å². The Morgan fingerprint density at radius 3 is 2.46 bits per heavy atom. The summed E-state index contributed by atoms with van der Waals surface area (Å²) in [6.07, 6.45) is 2.23. The summed E-state index contributed by atoms with van der Waals surface area (Å²) in [4.78, 5) is 24.8. The van der Waals surface area contributed by atoms with E-state index in [-0.39, 0.29) is 5.54 Å². The minimum atomic E-state index is -0.126. The average molecular weight is 504 g/mol. The van der Waals surface area contributed by atoms with Gasteiger partial charge in [0.2, 0.25) is 5.95 Å². The van der Waals surface area contributed by atoms with Gasteiger partial charge in [0.1, 0.15) is 11.6 Å². The highest BCUT2D eigenvalue weighted by Crippen LogP contribution is 2.30. The SMILES string of the molecule is Cc1nc2ccccc2n1-c1nc(N2CCOCC2)c2nc(CN3CCC(C(C)(C)N)CC3)n(C)c2n1. The third-order valence-corrected chi connectivity index (χ3v) is 8.03. The van der Waals surface area contributed by atoms with E-state index in [9.17, 15) is 0 Å². The summed E-state index contributed by atoms with van der Waals surface area (Å²) < 4.78 is 9.82. The number of aromatic nitrogens is 6. The number of nitrogens with zero attached hydrogens (tertiary/aromatic N) is 8. The molecule has 196 valence electrons. The van der Waals surface area contributed by atoms with Gasteiger partial charge in [0.25, 0.3) is 0 Å². The second kappa shape index (κ2) is 9.34. The molecule has 0 amide bonds. The van der Waals surface area contributed by atoms with E-state index in [1.807, 2.05) is 29.7 Å². The molecule has 2 aliphatic heterocycles. The van der Waals surface area contributed by atoms with Crippen molar-refractivity contribution in [2.24, 2.45) is 18.7 Å². The second-order valence-electron chi connectivity index (χ2n) is 11.1. The number of ether oxygens (including phenoxy) is 1. The molecule has 6 rings (SSSR count). The summed E-state index contributed by atoms with van der Waals surface area (Å²) in [5, 5.41) is 0. The summed E-state index contributed by atoms with van der Waals surface area (Å²) in [6, 6.07) is 8.13. The number of benzene rings is 1. The first-order valence-corrected chi connectivity index (χ1v) is 13.3. The number of hydrogen-bond donors (Lipinski definition) is 1. The number of aryl methyl sites for hydroxylation is 2. The lowest BCUT2D eigenvalue weighted by atomic mass is 9.81. The molecule has 2 aliphatic rings. The molecule has 10 nitrogen and oxygen atoms in total. The standard InChI is InChI=1S/C27H37N9O/c1-18-29-20-7-5-6-8-21(20)36(18)26-31-24-23(25(32-26)35-13-15-37-16-14-35)30-22(33(24)4)17-34-11-9-19(10-12-34)27(2,3)28/h5-8,19H,9-17,28H2,1-4H3. The summed E-state index contributed by atoms with van der Waals surface area (Å²) >= 11 is 0. The van der Waals surface area contributed by atoms with Crippen LogP contribution in [0.15, 0.2) is 24.3 Å². The van der Waals surface area contributed by atoms with Crippen LogP contribution < -0.4 is 10.6 Å². The van der Waals surface area contributed by atoms with Crippen LogP contribution in [0.3, 0.4) is 0 Å². The van der Waals surface area contributed by atoms with Crippen LogP contribution in [-0.2, 0) is 18.3 Å². The number of hydrogen-bond acceptors (Lipinski definition) is 8. The molecule has 1 aromatic carbocycles. The van der Waals surface area contributed by atoms with Gasteiger partial charge < -0.3 is 19.9 Å². The lowest BCUT2D eigenvalue weighted by Gasteiger charge is -2.38. The zero-order valence-corrected chi connectivity index (χ0v) is 22.3. The van der Waals surface area contributed by atoms with E-state index in [1.54, 1.807) is 0 Å². The molecule has 0 spiro atoms. The summed E-state index contributed by atoms with van der Waals surface area (Å²) in [5.41, 5.74) is 9.90. The molecule has 3 aromatic heterocycles. The van der Waals surface area contributed by atoms with Gasteiger partial charge in [-0.3, -0.25) is 9.47 Å². The molecular formula is C27H37N9O. The highest BCUT2D eigenvalue weighted by molar-refractivity contribution is 5.86. The highest BCUT2D eigenvalue weighted by atomic mass is 16.5. The summed E-state index contributed by atoms with van der Waals surface area (Å²) in [5.74, 6) is 3.92. The van der Waals surface area contributed by atoms with Gasteiger partial charge in [-0.1, -0.05) is 12.1 Å². The fourth-order valence-corrected chi connectivity index (χ4v) is 5.75. The maximum absolute atomic E-state index is 6.40. The topological polar surface area (TPSA) is 103 Å². The number of likely N-dealkylation sites (tertiary alicyclic amines) is 1. The molecule has 0 radical (unpaired) electrons. The largest absolute Gasteiger partial charge is 0.378 e. The monoisotopic (exact) mass is 503 g/mol. The van der Waals surface area contributed by atoms with Gasteiger partial charge in [-0.15, -0.1) is 0 Å². The Morgan fingerprint density at radius 1 is 1.00 bits per heavy atom. The van der Waals surface area contributed by atoms with Gasteiger partial charge in [0.15, 0.2) is 17.0 Å². The molecule has 0 aliphatic carbocycles. The number of rotatable bonds is 5. The fourth-order valence-electron chi connectivity index (χ4n) is 5.75. The van der Waals surface area contributed by atoms with E-state index in [0.29, 0.717) is 25.1 Å². The number of fused-ring (bicyclic) bond motifs is 2. The van der Waals surface area contributed by atoms with Gasteiger partial charge in [-0.2, -0.15) is 9.97 Å². The van der Waals surface area contributed by atoms with E-state index >= 15 is 0 Å². The molecule has 0 atom stereocenters. The molecule has 2 fully saturated rings. The number of imidazole rings is 2. The molecule has 2 N–H and O–H groups in total. The Hall–Kier alpha value is -3.08. The van der Waals surface area contributed by atoms with Crippen molar-refractivity contribution < 1.29 is 4.74 Å². The normalized spacial score (nSPS) is 18.4. The first kappa shape index (κ1) is 24.3. The van der Waals surface area contributed by atoms with E-state index in [1.165, 1.54) is 0 Å². The lowest BCUT2D eigenvalue weighted by Crippen LogP contribution is -2.47. The fraction of sp³-hybridized carbons (Fsp3) is 0.556. The van der Waals surface area contributed by atoms with Gasteiger partial charge in [0, 0.05) is 25.7 Å². The van der Waals surface area contributed by atoms with Gasteiger partial charge >= 0.3 is 0 Å². The van der Waals surface area contributed by atoms with Crippen LogP contribution in [0.4, 0.5) is 5.82 Å². The Balaban J connectivity index is 1.40. The van der Waals surface area contributed by atoms with Crippen LogP contribution in [0.1, 0.15) is 38.3 Å². The van der Waals surface area contributed by atoms with Crippen LogP contribution in [-0.4, -0.2) is 78.9 Å². The molecule has 37 heavy (non-hydrogen) atoms. The van der Waals surface area contributed by atoms with Crippen molar-refractivity contribution in [3.63, 3.8) is 0 Å². The number of piperidine rings is 1. The molecular weight excluding hydrogens is 466 g/mol. The van der Waals surface area contributed by atoms with Gasteiger partial charge in [-0.05, 0) is 64.8 Å². The van der Waals surface area contributed by atoms with Crippen molar-refractivity contribution in [1.82, 2.24) is 34.0 Å². The molecule has 0 saturated carbocycles. The predicted octanol–water partition coefficient (Wildman–Crippen LogP) is 2.80. The highest BCUT2D eigenvalue weighted by Gasteiger charge is 2.30. The van der Waals surface area contributed by atoms with E-state index in [0.717, 1.165) is 85.2 Å². The Morgan fingerprint density at radius 2 is 1.73 bits per heavy atom. The number of para-hydroxylation sites is 2. The van der Waals surface area contributed by atoms with Crippen molar-refractivity contribution in [1.29, 1.82) is 0 Å². The first-order chi connectivity index (χ1) is 17.8. The quantitative estimate of drug-likeness (QED) is 0.444. The van der Waals surface area contributed by atoms with Gasteiger partial charge in [0.05, 0.1) is 30.8 Å². The van der Waals surface area contributed by atoms with Crippen LogP contribution in [0.2, 0.25) is 0 Å². The third-order valence-electron chi connectivity index (χ3n) is 8.03. The van der Waals surface area contributed by atoms with E-state index < -0.39 is 0 Å². The van der Waals surface area contributed by atoms with Crippen molar-refractivity contribution in [3.8, 4) is 5.95 Å². The van der Waals surface area contributed by atoms with Crippen LogP contribution in [0.25, 0.3) is 28.1 Å². The summed E-state index contributed by atoms with van der Waals surface area (Å²) in [7, 11) is 2.07. The predicted molar refractivity (Wildman–Crippen MR) is 145 cm³/mol. The number of anilines is 1. The maximum atomic E-state index is 6.40. The number of nitrogens with two attached hydrogens (primary N) is 1. The molecule has 10 heteroatoms. The van der Waals surface area contributed by atoms with Crippen LogP contribution in [0.5, 0.6) is 0 Å². The minimum Gasteiger partial charge on any atom is -0.378 e. The summed E-state index contributed by atoms with van der Waals surface area (Å²) in [6.45, 7) is 12.1. The van der Waals surface area contributed by atoms with E-state index in [2.05, 4.69) is 41.3 Å². The Labute approximate surface area is 217 Å². The molecule has 5 heterocycles. The van der Waals surface area contributed by atoms with Crippen LogP contribution >= 0.6 is 0 Å². The van der Waals surface area contributed by atoms with Crippen molar-refractivity contribution in [2.75, 3.05) is 44.3 Å². The average Bonchev–Trinajstić information content (AvgIpc) is 3.39. The molecule has 2 saturated heterocycles. The molecule has 4 aromatic rings. The third kappa shape index (κ3) is 4.47. The molecule has 0 unspecified atom stereocenters. The maximum Gasteiger partial charge on any atom is 0.239 e.